The predicted octanol–water partition coefficient (Wildman–Crippen LogP) is 8.08. The van der Waals surface area contributed by atoms with Gasteiger partial charge in [-0.2, -0.15) is 0 Å². The highest BCUT2D eigenvalue weighted by atomic mass is 79.9. The van der Waals surface area contributed by atoms with Gasteiger partial charge in [-0.15, -0.1) is 0 Å². The molecule has 192 valence electrons. The van der Waals surface area contributed by atoms with E-state index in [4.69, 9.17) is 9.15 Å². The smallest absolute Gasteiger partial charge is 0.294 e. The Morgan fingerprint density at radius 2 is 1.67 bits per heavy atom. The molecule has 1 amide bonds. The molecule has 0 aliphatic carbocycles. The van der Waals surface area contributed by atoms with Crippen LogP contribution in [0.2, 0.25) is 0 Å². The zero-order valence-corrected chi connectivity index (χ0v) is 22.4. The number of ether oxygens (including phenoxy) is 1. The molecule has 7 heteroatoms. The lowest BCUT2D eigenvalue weighted by atomic mass is 9.94. The van der Waals surface area contributed by atoms with Crippen molar-refractivity contribution in [3.8, 4) is 11.5 Å². The molecule has 0 saturated carbocycles. The Morgan fingerprint density at radius 1 is 0.897 bits per heavy atom. The summed E-state index contributed by atoms with van der Waals surface area (Å²) in [5.41, 5.74) is 2.56. The van der Waals surface area contributed by atoms with Gasteiger partial charge in [0.25, 0.3) is 5.91 Å². The summed E-state index contributed by atoms with van der Waals surface area (Å²) in [5.74, 6) is -0.629. The zero-order chi connectivity index (χ0) is 27.1. The van der Waals surface area contributed by atoms with Crippen LogP contribution in [0.15, 0.2) is 123 Å². The minimum Gasteiger partial charge on any atom is -0.503 e. The molecule has 0 spiro atoms. The van der Waals surface area contributed by atoms with Crippen molar-refractivity contribution in [1.82, 2.24) is 0 Å². The van der Waals surface area contributed by atoms with Crippen LogP contribution < -0.4 is 9.64 Å². The van der Waals surface area contributed by atoms with Crippen LogP contribution in [0, 0.1) is 6.92 Å². The van der Waals surface area contributed by atoms with E-state index in [1.54, 1.807) is 42.5 Å². The molecule has 4 aromatic carbocycles. The molecular weight excluding hydrogens is 558 g/mol. The summed E-state index contributed by atoms with van der Waals surface area (Å²) < 4.78 is 12.7. The first-order chi connectivity index (χ1) is 18.9. The zero-order valence-electron chi connectivity index (χ0n) is 20.8. The second kappa shape index (κ2) is 9.93. The molecule has 2 heterocycles. The Labute approximate surface area is 232 Å². The first-order valence-corrected chi connectivity index (χ1v) is 13.1. The van der Waals surface area contributed by atoms with Gasteiger partial charge in [0.15, 0.2) is 11.5 Å². The van der Waals surface area contributed by atoms with Crippen LogP contribution in [0.3, 0.4) is 0 Å². The number of Topliss-reactive ketones (excluding diaryl/α,β-unsaturated/α-hetero) is 1. The van der Waals surface area contributed by atoms with Crippen LogP contribution in [0.25, 0.3) is 11.0 Å². The molecular formula is C32H22BrNO5. The Hall–Kier alpha value is -4.62. The van der Waals surface area contributed by atoms with Crippen LogP contribution in [0.1, 0.15) is 27.7 Å². The van der Waals surface area contributed by atoms with Gasteiger partial charge in [-0.1, -0.05) is 58.4 Å². The van der Waals surface area contributed by atoms with Crippen LogP contribution in [0.5, 0.6) is 11.5 Å². The Bertz CT molecular complexity index is 1770. The van der Waals surface area contributed by atoms with Gasteiger partial charge >= 0.3 is 0 Å². The number of nitrogens with zero attached hydrogens (tertiary/aromatic N) is 1. The summed E-state index contributed by atoms with van der Waals surface area (Å²) in [5, 5.41) is 11.9. The van der Waals surface area contributed by atoms with E-state index in [1.165, 1.54) is 4.90 Å². The third kappa shape index (κ3) is 4.62. The summed E-state index contributed by atoms with van der Waals surface area (Å²) in [4.78, 5) is 28.9. The molecule has 1 atom stereocenters. The van der Waals surface area contributed by atoms with Crippen molar-refractivity contribution in [3.63, 3.8) is 0 Å². The SMILES string of the molecule is Cc1cccc(N2C(=O)C(O)=C(C(=O)c3cc4cc(Br)ccc4o3)C2c2cccc(Oc3ccccc3)c2)c1. The van der Waals surface area contributed by atoms with Crippen LogP contribution >= 0.6 is 15.9 Å². The number of furan rings is 1. The normalized spacial score (nSPS) is 15.3. The van der Waals surface area contributed by atoms with Crippen molar-refractivity contribution in [3.05, 3.63) is 136 Å². The first-order valence-electron chi connectivity index (χ1n) is 12.3. The first kappa shape index (κ1) is 24.7. The molecule has 0 bridgehead atoms. The lowest BCUT2D eigenvalue weighted by Crippen LogP contribution is -2.31. The minimum absolute atomic E-state index is 0.0326. The number of carbonyl (C=O) groups excluding carboxylic acids is 2. The number of aryl methyl sites for hydroxylation is 1. The van der Waals surface area contributed by atoms with E-state index in [0.717, 1.165) is 15.4 Å². The lowest BCUT2D eigenvalue weighted by Gasteiger charge is -2.27. The molecule has 39 heavy (non-hydrogen) atoms. The minimum atomic E-state index is -0.911. The molecule has 1 aromatic heterocycles. The molecule has 6 rings (SSSR count). The fraction of sp³-hybridized carbons (Fsp3) is 0.0625. The lowest BCUT2D eigenvalue weighted by molar-refractivity contribution is -0.117. The summed E-state index contributed by atoms with van der Waals surface area (Å²) in [6.45, 7) is 1.92. The van der Waals surface area contributed by atoms with E-state index in [9.17, 15) is 14.7 Å². The van der Waals surface area contributed by atoms with Gasteiger partial charge in [0.05, 0.1) is 11.6 Å². The molecule has 1 aliphatic rings. The maximum Gasteiger partial charge on any atom is 0.294 e. The number of aliphatic hydroxyl groups excluding tert-OH is 1. The van der Waals surface area contributed by atoms with Crippen LogP contribution in [-0.4, -0.2) is 16.8 Å². The van der Waals surface area contributed by atoms with Crippen molar-refractivity contribution in [2.24, 2.45) is 0 Å². The van der Waals surface area contributed by atoms with Crippen molar-refractivity contribution in [1.29, 1.82) is 0 Å². The van der Waals surface area contributed by atoms with E-state index in [2.05, 4.69) is 15.9 Å². The summed E-state index contributed by atoms with van der Waals surface area (Å²) >= 11 is 3.43. The number of aliphatic hydroxyl groups is 1. The van der Waals surface area contributed by atoms with E-state index >= 15 is 0 Å². The molecule has 1 unspecified atom stereocenters. The topological polar surface area (TPSA) is 80.0 Å². The number of hydrogen-bond donors (Lipinski definition) is 1. The fourth-order valence-electron chi connectivity index (χ4n) is 4.83. The highest BCUT2D eigenvalue weighted by Gasteiger charge is 2.45. The van der Waals surface area contributed by atoms with Gasteiger partial charge in [0.1, 0.15) is 17.1 Å². The summed E-state index contributed by atoms with van der Waals surface area (Å²) in [7, 11) is 0. The Balaban J connectivity index is 1.47. The van der Waals surface area contributed by atoms with E-state index in [0.29, 0.717) is 28.3 Å². The number of anilines is 1. The van der Waals surface area contributed by atoms with Crippen molar-refractivity contribution >= 4 is 44.3 Å². The highest BCUT2D eigenvalue weighted by molar-refractivity contribution is 9.10. The molecule has 6 nitrogen and oxygen atoms in total. The molecule has 1 N–H and O–H groups in total. The van der Waals surface area contributed by atoms with Gasteiger partial charge in [-0.05, 0) is 78.7 Å². The fourth-order valence-corrected chi connectivity index (χ4v) is 5.21. The maximum atomic E-state index is 13.9. The monoisotopic (exact) mass is 579 g/mol. The van der Waals surface area contributed by atoms with Crippen LogP contribution in [0.4, 0.5) is 5.69 Å². The largest absolute Gasteiger partial charge is 0.503 e. The van der Waals surface area contributed by atoms with Crippen molar-refractivity contribution in [2.75, 3.05) is 4.90 Å². The molecule has 1 aliphatic heterocycles. The third-order valence-electron chi connectivity index (χ3n) is 6.59. The highest BCUT2D eigenvalue weighted by Crippen LogP contribution is 2.43. The molecule has 5 aromatic rings. The molecule has 0 radical (unpaired) electrons. The number of amides is 1. The number of hydrogen-bond acceptors (Lipinski definition) is 5. The van der Waals surface area contributed by atoms with E-state index in [1.807, 2.05) is 67.6 Å². The quantitative estimate of drug-likeness (QED) is 0.206. The summed E-state index contributed by atoms with van der Waals surface area (Å²) in [6.07, 6.45) is 0. The number of fused-ring (bicyclic) bond motifs is 1. The van der Waals surface area contributed by atoms with Gasteiger partial charge in [-0.3, -0.25) is 14.5 Å². The van der Waals surface area contributed by atoms with E-state index < -0.39 is 23.5 Å². The molecule has 0 fully saturated rings. The number of para-hydroxylation sites is 1. The van der Waals surface area contributed by atoms with Gasteiger partial charge in [-0.25, -0.2) is 0 Å². The second-order valence-electron chi connectivity index (χ2n) is 9.29. The van der Waals surface area contributed by atoms with Crippen LogP contribution in [-0.2, 0) is 4.79 Å². The maximum absolute atomic E-state index is 13.9. The Morgan fingerprint density at radius 3 is 2.46 bits per heavy atom. The van der Waals surface area contributed by atoms with Crippen molar-refractivity contribution < 1.29 is 23.8 Å². The van der Waals surface area contributed by atoms with Gasteiger partial charge in [0, 0.05) is 15.5 Å². The van der Waals surface area contributed by atoms with Gasteiger partial charge < -0.3 is 14.3 Å². The number of carbonyl (C=O) groups is 2. The molecule has 0 saturated heterocycles. The number of rotatable bonds is 6. The average molecular weight is 580 g/mol. The van der Waals surface area contributed by atoms with Gasteiger partial charge in [0.2, 0.25) is 5.78 Å². The number of ketones is 1. The second-order valence-corrected chi connectivity index (χ2v) is 10.2. The van der Waals surface area contributed by atoms with E-state index in [-0.39, 0.29) is 11.3 Å². The number of benzene rings is 4. The third-order valence-corrected chi connectivity index (χ3v) is 7.08. The average Bonchev–Trinajstić information content (AvgIpc) is 3.47. The predicted molar refractivity (Wildman–Crippen MR) is 152 cm³/mol. The summed E-state index contributed by atoms with van der Waals surface area (Å²) in [6, 6.07) is 30.0. The Kier molecular flexibility index (Phi) is 6.29. The van der Waals surface area contributed by atoms with Crippen molar-refractivity contribution in [2.45, 2.75) is 13.0 Å². The standard InChI is InChI=1S/C32H22BrNO5/c1-19-7-5-9-23(15-19)34-29(20-8-6-12-25(17-20)38-24-10-3-2-4-11-24)28(31(36)32(34)37)30(35)27-18-21-16-22(33)13-14-26(21)39-27/h2-18,29,36H,1H3. The number of halogens is 1.